The molecular weight excluding hydrogens is 294 g/mol. The van der Waals surface area contributed by atoms with Gasteiger partial charge in [-0.05, 0) is 17.5 Å². The molecule has 0 saturated carbocycles. The van der Waals surface area contributed by atoms with Gasteiger partial charge in [0.05, 0.1) is 0 Å². The van der Waals surface area contributed by atoms with Gasteiger partial charge in [0, 0.05) is 6.42 Å². The number of aromatic nitrogens is 1. The third kappa shape index (κ3) is 3.07. The third-order valence-electron chi connectivity index (χ3n) is 3.06. The van der Waals surface area contributed by atoms with Crippen LogP contribution in [0.5, 0.6) is 0 Å². The van der Waals surface area contributed by atoms with Crippen LogP contribution in [0, 0.1) is 0 Å². The number of benzene rings is 1. The van der Waals surface area contributed by atoms with Crippen molar-refractivity contribution in [2.75, 3.05) is 0 Å². The Morgan fingerprint density at radius 1 is 1.30 bits per heavy atom. The molecule has 0 spiro atoms. The smallest absolute Gasteiger partial charge is 0.207 e. The fourth-order valence-corrected chi connectivity index (χ4v) is 2.44. The van der Waals surface area contributed by atoms with Crippen LogP contribution in [0.2, 0.25) is 0 Å². The summed E-state index contributed by atoms with van der Waals surface area (Å²) < 4.78 is 5.62. The number of nitrogens with zero attached hydrogens (tertiary/aromatic N) is 1. The minimum atomic E-state index is -0.796. The van der Waals surface area contributed by atoms with Gasteiger partial charge >= 0.3 is 0 Å². The second-order valence-electron chi connectivity index (χ2n) is 4.89. The highest BCUT2D eigenvalue weighted by molar-refractivity contribution is 7.97. The minimum Gasteiger partial charge on any atom is -0.440 e. The van der Waals surface area contributed by atoms with Crippen molar-refractivity contribution >= 4 is 46.6 Å². The van der Waals surface area contributed by atoms with E-state index in [0.29, 0.717) is 5.58 Å². The molecule has 1 atom stereocenters. The maximum atomic E-state index is 11.6. The normalized spacial score (nSPS) is 12.8. The number of fused-ring (bicyclic) bond motifs is 1. The van der Waals surface area contributed by atoms with E-state index in [9.17, 15) is 9.59 Å². The van der Waals surface area contributed by atoms with Gasteiger partial charge in [-0.25, -0.2) is 4.98 Å². The van der Waals surface area contributed by atoms with E-state index < -0.39 is 16.1 Å². The molecule has 0 aliphatic carbocycles. The lowest BCUT2D eigenvalue weighted by atomic mass is 10.0. The number of para-hydroxylation sites is 1. The van der Waals surface area contributed by atoms with Gasteiger partial charge in [-0.15, -0.1) is 25.3 Å². The van der Waals surface area contributed by atoms with Crippen LogP contribution in [0.25, 0.3) is 11.1 Å². The lowest BCUT2D eigenvalue weighted by Crippen LogP contribution is -2.10. The van der Waals surface area contributed by atoms with Crippen LogP contribution in [0.15, 0.2) is 22.6 Å². The summed E-state index contributed by atoms with van der Waals surface area (Å²) in [7, 11) is 0. The molecular formula is C14H15NO3S2. The van der Waals surface area contributed by atoms with Crippen LogP contribution in [0.4, 0.5) is 0 Å². The zero-order chi connectivity index (χ0) is 14.9. The number of hydrogen-bond acceptors (Lipinski definition) is 4. The number of carbonyl (C=O) groups excluding carboxylic acids is 2. The van der Waals surface area contributed by atoms with E-state index in [1.807, 2.05) is 12.1 Å². The molecule has 0 amide bonds. The van der Waals surface area contributed by atoms with Crippen molar-refractivity contribution in [3.63, 3.8) is 0 Å². The average molecular weight is 309 g/mol. The van der Waals surface area contributed by atoms with Gasteiger partial charge in [0.15, 0.2) is 15.8 Å². The summed E-state index contributed by atoms with van der Waals surface area (Å²) in [6.45, 7) is 4.11. The number of carbonyl (C=O) groups is 2. The van der Waals surface area contributed by atoms with Crippen molar-refractivity contribution < 1.29 is 14.0 Å². The van der Waals surface area contributed by atoms with E-state index in [0.717, 1.165) is 11.1 Å². The van der Waals surface area contributed by atoms with Gasteiger partial charge in [0.1, 0.15) is 11.4 Å². The predicted molar refractivity (Wildman–Crippen MR) is 83.4 cm³/mol. The highest BCUT2D eigenvalue weighted by Crippen LogP contribution is 2.30. The SMILES string of the molecule is CC(C)c1cccc2oc(C(CC(=O)S)C(=O)S)nc12. The summed E-state index contributed by atoms with van der Waals surface area (Å²) in [5.74, 6) is -0.292. The van der Waals surface area contributed by atoms with E-state index >= 15 is 0 Å². The molecule has 1 aromatic carbocycles. The first-order chi connectivity index (χ1) is 9.40. The summed E-state index contributed by atoms with van der Waals surface area (Å²) in [4.78, 5) is 27.1. The molecule has 106 valence electrons. The van der Waals surface area contributed by atoms with Gasteiger partial charge in [0.2, 0.25) is 5.89 Å². The minimum absolute atomic E-state index is 0.0741. The van der Waals surface area contributed by atoms with Crippen molar-refractivity contribution in [1.82, 2.24) is 4.98 Å². The average Bonchev–Trinajstić information content (AvgIpc) is 2.77. The molecule has 20 heavy (non-hydrogen) atoms. The quantitative estimate of drug-likeness (QED) is 0.832. The maximum Gasteiger partial charge on any atom is 0.207 e. The highest BCUT2D eigenvalue weighted by Gasteiger charge is 2.26. The van der Waals surface area contributed by atoms with Crippen LogP contribution in [0.1, 0.15) is 43.6 Å². The second-order valence-corrected chi connectivity index (χ2v) is 5.83. The summed E-state index contributed by atoms with van der Waals surface area (Å²) in [5.41, 5.74) is 2.38. The molecule has 1 heterocycles. The van der Waals surface area contributed by atoms with Gasteiger partial charge in [-0.3, -0.25) is 9.59 Å². The molecule has 0 aliphatic heterocycles. The highest BCUT2D eigenvalue weighted by atomic mass is 32.1. The molecule has 1 unspecified atom stereocenters. The molecule has 0 N–H and O–H groups in total. The first-order valence-corrected chi connectivity index (χ1v) is 7.13. The first-order valence-electron chi connectivity index (χ1n) is 6.24. The van der Waals surface area contributed by atoms with E-state index in [2.05, 4.69) is 44.1 Å². The van der Waals surface area contributed by atoms with Gasteiger partial charge in [0.25, 0.3) is 0 Å². The number of rotatable bonds is 5. The molecule has 0 aliphatic rings. The van der Waals surface area contributed by atoms with E-state index in [1.54, 1.807) is 6.07 Å². The Morgan fingerprint density at radius 3 is 2.55 bits per heavy atom. The first kappa shape index (κ1) is 15.1. The lowest BCUT2D eigenvalue weighted by molar-refractivity contribution is -0.117. The Bertz CT molecular complexity index is 663. The molecule has 4 nitrogen and oxygen atoms in total. The Balaban J connectivity index is 2.52. The van der Waals surface area contributed by atoms with Crippen molar-refractivity contribution in [3.05, 3.63) is 29.7 Å². The van der Waals surface area contributed by atoms with E-state index in [-0.39, 0.29) is 18.2 Å². The molecule has 1 aromatic heterocycles. The van der Waals surface area contributed by atoms with Crippen molar-refractivity contribution in [3.8, 4) is 0 Å². The Labute approximate surface area is 127 Å². The van der Waals surface area contributed by atoms with Crippen LogP contribution < -0.4 is 0 Å². The van der Waals surface area contributed by atoms with Crippen LogP contribution in [0.3, 0.4) is 0 Å². The van der Waals surface area contributed by atoms with Crippen LogP contribution in [-0.2, 0) is 9.59 Å². The molecule has 2 rings (SSSR count). The molecule has 0 radical (unpaired) electrons. The van der Waals surface area contributed by atoms with Crippen molar-refractivity contribution in [2.24, 2.45) is 0 Å². The van der Waals surface area contributed by atoms with Gasteiger partial charge in [-0.2, -0.15) is 0 Å². The topological polar surface area (TPSA) is 60.2 Å². The molecule has 6 heteroatoms. The van der Waals surface area contributed by atoms with Crippen LogP contribution >= 0.6 is 25.3 Å². The monoisotopic (exact) mass is 309 g/mol. The maximum absolute atomic E-state index is 11.6. The Morgan fingerprint density at radius 2 is 2.00 bits per heavy atom. The zero-order valence-electron chi connectivity index (χ0n) is 11.2. The Kier molecular flexibility index (Phi) is 4.55. The fourth-order valence-electron chi connectivity index (χ4n) is 2.06. The largest absolute Gasteiger partial charge is 0.440 e. The fraction of sp³-hybridized carbons (Fsp3) is 0.357. The van der Waals surface area contributed by atoms with E-state index in [4.69, 9.17) is 4.42 Å². The van der Waals surface area contributed by atoms with E-state index in [1.165, 1.54) is 0 Å². The number of hydrogen-bond donors (Lipinski definition) is 2. The van der Waals surface area contributed by atoms with Gasteiger partial charge in [-0.1, -0.05) is 26.0 Å². The Hall–Kier alpha value is -1.27. The lowest BCUT2D eigenvalue weighted by Gasteiger charge is -2.05. The zero-order valence-corrected chi connectivity index (χ0v) is 12.9. The predicted octanol–water partition coefficient (Wildman–Crippen LogP) is 3.34. The molecule has 0 saturated heterocycles. The second kappa shape index (κ2) is 6.01. The molecule has 0 fully saturated rings. The van der Waals surface area contributed by atoms with Crippen LogP contribution in [-0.4, -0.2) is 15.2 Å². The summed E-state index contributed by atoms with van der Waals surface area (Å²) in [5, 5.41) is -0.853. The molecule has 0 bridgehead atoms. The van der Waals surface area contributed by atoms with Crippen molar-refractivity contribution in [1.29, 1.82) is 0 Å². The third-order valence-corrected chi connectivity index (χ3v) is 3.56. The van der Waals surface area contributed by atoms with Gasteiger partial charge < -0.3 is 4.42 Å². The number of thiol groups is 2. The number of oxazole rings is 1. The summed E-state index contributed by atoms with van der Waals surface area (Å²) in [6, 6.07) is 5.65. The summed E-state index contributed by atoms with van der Waals surface area (Å²) >= 11 is 7.51. The molecule has 2 aromatic rings. The standard InChI is InChI=1S/C14H15NO3S2/c1-7(2)8-4-3-5-10-12(8)15-13(18-10)9(14(17)20)6-11(16)19/h3-5,7,9H,6H2,1-2H3,(H,16,19)(H,17,20). The van der Waals surface area contributed by atoms with Crippen molar-refractivity contribution in [2.45, 2.75) is 32.1 Å². The summed E-state index contributed by atoms with van der Waals surface area (Å²) in [6.07, 6.45) is -0.0741.